The quantitative estimate of drug-likeness (QED) is 0.0856. The van der Waals surface area contributed by atoms with E-state index in [2.05, 4.69) is 56.6 Å². The van der Waals surface area contributed by atoms with E-state index in [0.29, 0.717) is 0 Å². The Bertz CT molecular complexity index is 737. The third-order valence-corrected chi connectivity index (χ3v) is 2.27. The smallest absolute Gasteiger partial charge is 0.917 e. The maximum atomic E-state index is 10.1. The maximum Gasteiger partial charge on any atom is 1.00 e. The van der Waals surface area contributed by atoms with E-state index in [0.717, 1.165) is 5.33 Å². The van der Waals surface area contributed by atoms with E-state index in [9.17, 15) is 16.8 Å². The van der Waals surface area contributed by atoms with Gasteiger partial charge in [0.15, 0.2) is 0 Å². The molecule has 0 aromatic carbocycles. The van der Waals surface area contributed by atoms with E-state index in [4.69, 9.17) is 13.0 Å². The molecule has 0 saturated heterocycles. The summed E-state index contributed by atoms with van der Waals surface area (Å²) in [6.45, 7) is 4.99. The standard InChI is InChI=1S/C4H5Br.C4H7NO2S.C4H5O2S.CH4.3Na.O3S.H2O/c1-2-3-4-5;1-2-3-4-8(5,6)7;1-2-3-4-7(5)6;;;;;1-4(2)3;/h4H2,1H3;4H2,1H3,(H2,5,6,7);4H2,1H3;1H4;;;;;1H2/q;;-1;;3*+1;-2;/p-1. The first-order valence-corrected chi connectivity index (χ1v) is 10.6. The van der Waals surface area contributed by atoms with E-state index in [-0.39, 0.29) is 113 Å². The molecule has 0 rings (SSSR count). The zero-order chi connectivity index (χ0) is 20.0. The number of alkyl halides is 1. The molecule has 0 aliphatic carbocycles. The topological polar surface area (TPSA) is 182 Å². The van der Waals surface area contributed by atoms with Crippen molar-refractivity contribution >= 4 is 47.6 Å². The van der Waals surface area contributed by atoms with E-state index < -0.39 is 31.7 Å². The molecule has 0 bridgehead atoms. The molecular formula is C13H22BrNNa3O8S3-. The summed E-state index contributed by atoms with van der Waals surface area (Å²) in [4.78, 5) is 0. The van der Waals surface area contributed by atoms with E-state index >= 15 is 0 Å². The first kappa shape index (κ1) is 57.6. The minimum Gasteiger partial charge on any atom is -0.917 e. The number of nitrogens with two attached hydrogens (primary N) is 1. The summed E-state index contributed by atoms with van der Waals surface area (Å²) in [5, 5.41) is 5.39. The molecule has 0 fully saturated rings. The van der Waals surface area contributed by atoms with Crippen molar-refractivity contribution in [3.63, 3.8) is 0 Å². The first-order valence-electron chi connectivity index (χ1n) is 5.56. The second-order valence-corrected chi connectivity index (χ2v) is 6.35. The van der Waals surface area contributed by atoms with Gasteiger partial charge < -0.3 is 26.9 Å². The van der Waals surface area contributed by atoms with Gasteiger partial charge in [-0.15, -0.1) is 23.7 Å². The molecule has 0 heterocycles. The molecule has 0 aromatic rings. The van der Waals surface area contributed by atoms with Crippen LogP contribution in [0.25, 0.3) is 0 Å². The minimum atomic E-state index is -3.36. The molecule has 16 heteroatoms. The molecule has 0 aliphatic rings. The normalized spacial score (nSPS) is 6.62. The number of hydrogen-bond donors (Lipinski definition) is 1. The molecule has 0 radical (unpaired) electrons. The van der Waals surface area contributed by atoms with Crippen LogP contribution in [-0.4, -0.2) is 35.3 Å². The van der Waals surface area contributed by atoms with Gasteiger partial charge in [0.1, 0.15) is 5.75 Å². The molecule has 0 atom stereocenters. The van der Waals surface area contributed by atoms with Gasteiger partial charge in [0.25, 0.3) is 0 Å². The Labute approximate surface area is 253 Å². The predicted octanol–water partition coefficient (Wildman–Crippen LogP) is -8.08. The molecular weight excluding hydrogens is 543 g/mol. The zero-order valence-corrected chi connectivity index (χ0v) is 26.6. The van der Waals surface area contributed by atoms with Crippen LogP contribution in [0.5, 0.6) is 0 Å². The zero-order valence-electron chi connectivity index (χ0n) is 16.6. The molecule has 0 unspecified atom stereocenters. The Hall–Kier alpha value is 1.89. The molecule has 0 aliphatic heterocycles. The van der Waals surface area contributed by atoms with Crippen molar-refractivity contribution in [2.75, 3.05) is 16.8 Å². The summed E-state index contributed by atoms with van der Waals surface area (Å²) in [6.07, 6.45) is 0. The average Bonchev–Trinajstić information content (AvgIpc) is 2.43. The summed E-state index contributed by atoms with van der Waals surface area (Å²) in [7, 11) is -8.46. The van der Waals surface area contributed by atoms with Gasteiger partial charge >= 0.3 is 88.7 Å². The van der Waals surface area contributed by atoms with Gasteiger partial charge in [-0.2, -0.15) is 11.0 Å². The van der Waals surface area contributed by atoms with E-state index in [1.165, 1.54) is 0 Å². The van der Waals surface area contributed by atoms with Gasteiger partial charge in [0.05, 0.1) is 5.33 Å². The monoisotopic (exact) mass is 564 g/mol. The fraction of sp³-hybridized carbons (Fsp3) is 0.538. The fourth-order valence-electron chi connectivity index (χ4n) is 0.371. The molecule has 29 heavy (non-hydrogen) atoms. The second kappa shape index (κ2) is 47.6. The fourth-order valence-corrected chi connectivity index (χ4v) is 1.26. The van der Waals surface area contributed by atoms with Gasteiger partial charge in [-0.3, -0.25) is 0 Å². The SMILES string of the molecule is C.CC#CCBr.CC#CCS(N)(=O)=O.CC#CC[S-](=O)=O.O=[S-](=O)[O-].[Na+].[Na+].[Na+].[OH-]. The van der Waals surface area contributed by atoms with Crippen molar-refractivity contribution in [1.82, 2.24) is 0 Å². The Morgan fingerprint density at radius 2 is 1.21 bits per heavy atom. The van der Waals surface area contributed by atoms with Crippen molar-refractivity contribution in [3.05, 3.63) is 0 Å². The third-order valence-electron chi connectivity index (χ3n) is 1.06. The van der Waals surface area contributed by atoms with Gasteiger partial charge in [-0.25, -0.2) is 13.6 Å². The Balaban J connectivity index is -0.0000000255. The molecule has 0 aromatic heterocycles. The molecule has 0 amide bonds. The van der Waals surface area contributed by atoms with Crippen molar-refractivity contribution in [1.29, 1.82) is 0 Å². The van der Waals surface area contributed by atoms with Gasteiger partial charge in [-0.05, 0) is 26.5 Å². The van der Waals surface area contributed by atoms with Crippen molar-refractivity contribution < 1.29 is 124 Å². The summed E-state index contributed by atoms with van der Waals surface area (Å²) in [6, 6.07) is 0. The van der Waals surface area contributed by atoms with Crippen molar-refractivity contribution in [2.24, 2.45) is 5.14 Å². The first-order chi connectivity index (χ1) is 11.0. The van der Waals surface area contributed by atoms with Crippen molar-refractivity contribution in [2.45, 2.75) is 28.2 Å². The van der Waals surface area contributed by atoms with E-state index in [1.807, 2.05) is 6.92 Å². The Morgan fingerprint density at radius 1 is 0.897 bits per heavy atom. The van der Waals surface area contributed by atoms with Gasteiger partial charge in [0.2, 0.25) is 10.0 Å². The number of primary sulfonamides is 1. The van der Waals surface area contributed by atoms with Crippen LogP contribution in [0.4, 0.5) is 0 Å². The summed E-state index contributed by atoms with van der Waals surface area (Å²) < 4.78 is 64.8. The Kier molecular flexibility index (Phi) is 94.6. The van der Waals surface area contributed by atoms with Crippen molar-refractivity contribution in [3.8, 4) is 35.5 Å². The third kappa shape index (κ3) is 140. The minimum absolute atomic E-state index is 0. The summed E-state index contributed by atoms with van der Waals surface area (Å²) in [5.41, 5.74) is 0. The van der Waals surface area contributed by atoms with Crippen LogP contribution in [0.15, 0.2) is 0 Å². The van der Waals surface area contributed by atoms with Gasteiger partial charge in [0, 0.05) is 0 Å². The van der Waals surface area contributed by atoms with Crippen LogP contribution in [0.2, 0.25) is 0 Å². The predicted molar refractivity (Wildman–Crippen MR) is 104 cm³/mol. The molecule has 9 nitrogen and oxygen atoms in total. The van der Waals surface area contributed by atoms with Crippen LogP contribution in [0.3, 0.4) is 0 Å². The van der Waals surface area contributed by atoms with Gasteiger partial charge in [-0.1, -0.05) is 45.9 Å². The summed E-state index contributed by atoms with van der Waals surface area (Å²) >= 11 is 3.14. The molecule has 0 saturated carbocycles. The second-order valence-electron chi connectivity index (χ2n) is 2.87. The van der Waals surface area contributed by atoms with Crippen LogP contribution in [0, 0.1) is 35.5 Å². The number of rotatable bonds is 2. The van der Waals surface area contributed by atoms with Crippen LogP contribution >= 0.6 is 15.9 Å². The van der Waals surface area contributed by atoms with E-state index in [1.54, 1.807) is 13.8 Å². The number of halogens is 1. The summed E-state index contributed by atoms with van der Waals surface area (Å²) in [5.74, 6) is 14.8. The average molecular weight is 565 g/mol. The Morgan fingerprint density at radius 3 is 1.28 bits per heavy atom. The maximum absolute atomic E-state index is 10.1. The van der Waals surface area contributed by atoms with Crippen LogP contribution in [0.1, 0.15) is 28.2 Å². The number of sulfonamides is 1. The van der Waals surface area contributed by atoms with Crippen LogP contribution < -0.4 is 93.8 Å². The largest absolute Gasteiger partial charge is 1.00 e. The molecule has 0 spiro atoms. The molecule has 3 N–H and O–H groups in total. The number of hydrogen-bond acceptors (Lipinski definition) is 10. The van der Waals surface area contributed by atoms with Crippen LogP contribution in [-0.2, 0) is 48.5 Å². The molecule has 156 valence electrons.